The quantitative estimate of drug-likeness (QED) is 0.600. The smallest absolute Gasteiger partial charge is 0.163 e. The monoisotopic (exact) mass is 316 g/mol. The van der Waals surface area contributed by atoms with Gasteiger partial charge in [0.1, 0.15) is 11.8 Å². The number of halogens is 1. The fraction of sp³-hybridized carbons (Fsp3) is 0.125. The first-order valence-electron chi connectivity index (χ1n) is 3.89. The van der Waals surface area contributed by atoms with E-state index in [1.54, 1.807) is 6.07 Å². The average Bonchev–Trinajstić information content (AvgIpc) is 2.55. The molecule has 0 aliphatic heterocycles. The second-order valence-electron chi connectivity index (χ2n) is 2.76. The van der Waals surface area contributed by atoms with Gasteiger partial charge in [-0.15, -0.1) is 0 Å². The van der Waals surface area contributed by atoms with Crippen LogP contribution in [0.3, 0.4) is 0 Å². The highest BCUT2D eigenvalue weighted by Gasteiger charge is 2.08. The van der Waals surface area contributed by atoms with Crippen molar-refractivity contribution >= 4 is 39.4 Å². The van der Waals surface area contributed by atoms with Crippen LogP contribution in [0.2, 0.25) is 0 Å². The van der Waals surface area contributed by atoms with E-state index in [-0.39, 0.29) is 0 Å². The van der Waals surface area contributed by atoms with Crippen molar-refractivity contribution in [1.29, 1.82) is 5.26 Å². The van der Waals surface area contributed by atoms with Crippen LogP contribution < -0.4 is 0 Å². The van der Waals surface area contributed by atoms with Crippen LogP contribution in [-0.2, 0) is 0 Å². The zero-order chi connectivity index (χ0) is 10.1. The van der Waals surface area contributed by atoms with E-state index < -0.39 is 0 Å². The molecule has 0 spiro atoms. The SMILES string of the molecule is Cc1nn(PI)c2nc(C#N)ccc12. The molecular weight excluding hydrogens is 310 g/mol. The Balaban J connectivity index is 2.79. The van der Waals surface area contributed by atoms with Crippen molar-refractivity contribution in [1.82, 2.24) is 14.5 Å². The summed E-state index contributed by atoms with van der Waals surface area (Å²) in [4.78, 5) is 4.23. The topological polar surface area (TPSA) is 54.5 Å². The predicted octanol–water partition coefficient (Wildman–Crippen LogP) is 2.40. The second-order valence-corrected chi connectivity index (χ2v) is 4.80. The number of fused-ring (bicyclic) bond motifs is 1. The summed E-state index contributed by atoms with van der Waals surface area (Å²) in [5, 5.41) is 14.1. The first-order valence-corrected chi connectivity index (χ1v) is 7.95. The minimum Gasteiger partial charge on any atom is -0.219 e. The van der Waals surface area contributed by atoms with Crippen molar-refractivity contribution in [2.24, 2.45) is 0 Å². The van der Waals surface area contributed by atoms with Crippen LogP contribution in [0.5, 0.6) is 0 Å². The molecule has 14 heavy (non-hydrogen) atoms. The summed E-state index contributed by atoms with van der Waals surface area (Å²) >= 11 is 2.24. The van der Waals surface area contributed by atoms with Gasteiger partial charge in [0.2, 0.25) is 0 Å². The minimum absolute atomic E-state index is 0.438. The van der Waals surface area contributed by atoms with Crippen LogP contribution in [0.25, 0.3) is 11.0 Å². The van der Waals surface area contributed by atoms with E-state index in [1.807, 2.05) is 23.5 Å². The molecule has 2 rings (SSSR count). The maximum atomic E-state index is 8.73. The molecule has 70 valence electrons. The number of hydrogen-bond donors (Lipinski definition) is 0. The van der Waals surface area contributed by atoms with Gasteiger partial charge in [-0.25, -0.2) is 9.44 Å². The lowest BCUT2D eigenvalue weighted by atomic mass is 10.2. The molecular formula is C8H6IN4P. The average molecular weight is 316 g/mol. The minimum atomic E-state index is 0.438. The van der Waals surface area contributed by atoms with Crippen LogP contribution in [0.4, 0.5) is 0 Å². The molecule has 0 fully saturated rings. The normalized spacial score (nSPS) is 11.2. The van der Waals surface area contributed by atoms with Crippen molar-refractivity contribution in [3.63, 3.8) is 0 Å². The van der Waals surface area contributed by atoms with E-state index >= 15 is 0 Å². The lowest BCUT2D eigenvalue weighted by molar-refractivity contribution is 0.988. The molecule has 0 amide bonds. The molecule has 6 heteroatoms. The fourth-order valence-corrected chi connectivity index (χ4v) is 2.71. The van der Waals surface area contributed by atoms with E-state index in [0.29, 0.717) is 12.1 Å². The zero-order valence-electron chi connectivity index (χ0n) is 7.32. The van der Waals surface area contributed by atoms with Gasteiger partial charge in [-0.3, -0.25) is 0 Å². The van der Waals surface area contributed by atoms with Crippen LogP contribution >= 0.6 is 28.4 Å². The Labute approximate surface area is 95.6 Å². The summed E-state index contributed by atoms with van der Waals surface area (Å²) in [5.74, 6) is 0. The lowest BCUT2D eigenvalue weighted by Gasteiger charge is -1.95. The summed E-state index contributed by atoms with van der Waals surface area (Å²) in [6.07, 6.45) is 0.506. The zero-order valence-corrected chi connectivity index (χ0v) is 10.5. The van der Waals surface area contributed by atoms with E-state index in [2.05, 4.69) is 32.1 Å². The number of aromatic nitrogens is 3. The van der Waals surface area contributed by atoms with E-state index in [1.165, 1.54) is 0 Å². The van der Waals surface area contributed by atoms with Gasteiger partial charge in [0.15, 0.2) is 5.65 Å². The summed E-state index contributed by atoms with van der Waals surface area (Å²) in [6.45, 7) is 1.95. The highest BCUT2D eigenvalue weighted by atomic mass is 127. The number of nitriles is 1. The highest BCUT2D eigenvalue weighted by Crippen LogP contribution is 2.28. The summed E-state index contributed by atoms with van der Waals surface area (Å²) < 4.78 is 1.83. The summed E-state index contributed by atoms with van der Waals surface area (Å²) in [6, 6.07) is 5.65. The van der Waals surface area contributed by atoms with Gasteiger partial charge >= 0.3 is 0 Å². The van der Waals surface area contributed by atoms with Crippen molar-refractivity contribution < 1.29 is 0 Å². The molecule has 0 radical (unpaired) electrons. The largest absolute Gasteiger partial charge is 0.219 e. The van der Waals surface area contributed by atoms with Crippen molar-refractivity contribution in [3.8, 4) is 6.07 Å². The van der Waals surface area contributed by atoms with Gasteiger partial charge in [0.05, 0.1) is 12.1 Å². The molecule has 2 aromatic rings. The van der Waals surface area contributed by atoms with Crippen LogP contribution in [0, 0.1) is 18.3 Å². The second kappa shape index (κ2) is 3.79. The molecule has 4 nitrogen and oxygen atoms in total. The van der Waals surface area contributed by atoms with E-state index in [4.69, 9.17) is 5.26 Å². The molecule has 0 aliphatic rings. The van der Waals surface area contributed by atoms with Crippen molar-refractivity contribution in [2.75, 3.05) is 0 Å². The fourth-order valence-electron chi connectivity index (χ4n) is 1.26. The van der Waals surface area contributed by atoms with Gasteiger partial charge in [0, 0.05) is 5.39 Å². The molecule has 1 atom stereocenters. The maximum absolute atomic E-state index is 8.73. The van der Waals surface area contributed by atoms with Gasteiger partial charge in [-0.2, -0.15) is 10.4 Å². The Morgan fingerprint density at radius 1 is 1.57 bits per heavy atom. The number of aryl methyl sites for hydroxylation is 1. The molecule has 0 aromatic carbocycles. The molecule has 2 aromatic heterocycles. The Bertz CT molecular complexity index is 528. The number of pyridine rings is 1. The van der Waals surface area contributed by atoms with Crippen LogP contribution in [0.15, 0.2) is 12.1 Å². The highest BCUT2D eigenvalue weighted by molar-refractivity contribution is 14.2. The molecule has 0 saturated heterocycles. The Morgan fingerprint density at radius 3 is 3.00 bits per heavy atom. The molecule has 0 saturated carbocycles. The Morgan fingerprint density at radius 2 is 2.36 bits per heavy atom. The predicted molar refractivity (Wildman–Crippen MR) is 64.7 cm³/mol. The standard InChI is InChI=1S/C8H6IN4P/c1-5-7-3-2-6(4-10)11-8(7)13(12-5)14-9/h2-3,14H,1H3. The maximum Gasteiger partial charge on any atom is 0.163 e. The molecule has 0 aliphatic carbocycles. The first-order chi connectivity index (χ1) is 6.76. The molecule has 0 N–H and O–H groups in total. The third-order valence-corrected chi connectivity index (χ3v) is 3.75. The Kier molecular flexibility index (Phi) is 2.66. The summed E-state index contributed by atoms with van der Waals surface area (Å²) in [5.41, 5.74) is 2.20. The van der Waals surface area contributed by atoms with Gasteiger partial charge in [-0.05, 0) is 41.1 Å². The number of nitrogens with zero attached hydrogens (tertiary/aromatic N) is 4. The third-order valence-electron chi connectivity index (χ3n) is 1.91. The van der Waals surface area contributed by atoms with Gasteiger partial charge in [0.25, 0.3) is 0 Å². The molecule has 2 heterocycles. The van der Waals surface area contributed by atoms with Crippen LogP contribution in [-0.4, -0.2) is 14.5 Å². The Hall–Kier alpha value is -0.730. The van der Waals surface area contributed by atoms with E-state index in [9.17, 15) is 0 Å². The molecule has 0 bridgehead atoms. The first kappa shape index (κ1) is 9.81. The number of hydrogen-bond acceptors (Lipinski definition) is 3. The third kappa shape index (κ3) is 1.49. The van der Waals surface area contributed by atoms with Crippen molar-refractivity contribution in [3.05, 3.63) is 23.5 Å². The van der Waals surface area contributed by atoms with Gasteiger partial charge < -0.3 is 0 Å². The van der Waals surface area contributed by atoms with E-state index in [0.717, 1.165) is 16.7 Å². The summed E-state index contributed by atoms with van der Waals surface area (Å²) in [7, 11) is 0. The number of rotatable bonds is 1. The van der Waals surface area contributed by atoms with Crippen molar-refractivity contribution in [2.45, 2.75) is 6.92 Å². The lowest BCUT2D eigenvalue weighted by Crippen LogP contribution is -1.88. The van der Waals surface area contributed by atoms with Crippen LogP contribution in [0.1, 0.15) is 11.4 Å². The molecule has 1 unspecified atom stereocenters. The van der Waals surface area contributed by atoms with Gasteiger partial charge in [-0.1, -0.05) is 0 Å².